The third-order valence-electron chi connectivity index (χ3n) is 3.13. The van der Waals surface area contributed by atoms with E-state index in [9.17, 15) is 0 Å². The van der Waals surface area contributed by atoms with Gasteiger partial charge in [0.05, 0.1) is 12.0 Å². The van der Waals surface area contributed by atoms with Crippen LogP contribution in [-0.2, 0) is 6.42 Å². The van der Waals surface area contributed by atoms with Crippen molar-refractivity contribution in [2.75, 3.05) is 19.0 Å². The fourth-order valence-electron chi connectivity index (χ4n) is 1.82. The van der Waals surface area contributed by atoms with Gasteiger partial charge in [-0.05, 0) is 31.2 Å². The summed E-state index contributed by atoms with van der Waals surface area (Å²) in [5.41, 5.74) is 0. The quantitative estimate of drug-likeness (QED) is 0.900. The molecule has 0 unspecified atom stereocenters. The SMILES string of the molecule is CCc1cc2c(OCC3CC3)nc(NC)nc2s1. The number of aromatic nitrogens is 2. The maximum Gasteiger partial charge on any atom is 0.227 e. The lowest BCUT2D eigenvalue weighted by molar-refractivity contribution is 0.292. The van der Waals surface area contributed by atoms with Gasteiger partial charge in [-0.25, -0.2) is 4.98 Å². The van der Waals surface area contributed by atoms with Gasteiger partial charge in [0.2, 0.25) is 11.8 Å². The maximum atomic E-state index is 5.86. The Hall–Kier alpha value is -1.36. The summed E-state index contributed by atoms with van der Waals surface area (Å²) in [7, 11) is 1.83. The van der Waals surface area contributed by atoms with Gasteiger partial charge in [0.25, 0.3) is 0 Å². The molecule has 0 radical (unpaired) electrons. The Morgan fingerprint density at radius 3 is 2.94 bits per heavy atom. The van der Waals surface area contributed by atoms with Crippen LogP contribution in [-0.4, -0.2) is 23.6 Å². The molecule has 0 atom stereocenters. The van der Waals surface area contributed by atoms with Gasteiger partial charge in [0.1, 0.15) is 4.83 Å². The molecule has 5 heteroatoms. The third-order valence-corrected chi connectivity index (χ3v) is 4.31. The molecule has 96 valence electrons. The molecular weight excluding hydrogens is 246 g/mol. The van der Waals surface area contributed by atoms with E-state index in [0.29, 0.717) is 5.95 Å². The van der Waals surface area contributed by atoms with Crippen LogP contribution in [0.15, 0.2) is 6.07 Å². The van der Waals surface area contributed by atoms with E-state index in [1.54, 1.807) is 11.3 Å². The zero-order valence-corrected chi connectivity index (χ0v) is 11.5. The molecule has 0 spiro atoms. The molecule has 2 heterocycles. The van der Waals surface area contributed by atoms with Gasteiger partial charge in [-0.3, -0.25) is 0 Å². The molecular formula is C13H17N3OS. The number of fused-ring (bicyclic) bond motifs is 1. The predicted molar refractivity (Wildman–Crippen MR) is 74.6 cm³/mol. The minimum absolute atomic E-state index is 0.637. The number of hydrogen-bond acceptors (Lipinski definition) is 5. The van der Waals surface area contributed by atoms with Crippen molar-refractivity contribution in [2.24, 2.45) is 5.92 Å². The predicted octanol–water partition coefficient (Wildman–Crippen LogP) is 3.08. The Kier molecular flexibility index (Phi) is 3.07. The summed E-state index contributed by atoms with van der Waals surface area (Å²) in [6.45, 7) is 2.94. The highest BCUT2D eigenvalue weighted by Crippen LogP contribution is 2.34. The van der Waals surface area contributed by atoms with Crippen molar-refractivity contribution in [2.45, 2.75) is 26.2 Å². The van der Waals surface area contributed by atoms with E-state index in [4.69, 9.17) is 4.74 Å². The molecule has 0 aliphatic heterocycles. The lowest BCUT2D eigenvalue weighted by atomic mass is 10.3. The molecule has 2 aromatic heterocycles. The van der Waals surface area contributed by atoms with Gasteiger partial charge < -0.3 is 10.1 Å². The minimum atomic E-state index is 0.637. The maximum absolute atomic E-state index is 5.86. The largest absolute Gasteiger partial charge is 0.477 e. The van der Waals surface area contributed by atoms with Gasteiger partial charge in [-0.2, -0.15) is 4.98 Å². The molecule has 1 N–H and O–H groups in total. The van der Waals surface area contributed by atoms with E-state index >= 15 is 0 Å². The second kappa shape index (κ2) is 4.72. The average molecular weight is 263 g/mol. The molecule has 0 amide bonds. The summed E-state index contributed by atoms with van der Waals surface area (Å²) in [5, 5.41) is 4.05. The van der Waals surface area contributed by atoms with Gasteiger partial charge in [0.15, 0.2) is 0 Å². The molecule has 1 aliphatic rings. The van der Waals surface area contributed by atoms with Crippen molar-refractivity contribution in [3.8, 4) is 5.88 Å². The number of thiophene rings is 1. The van der Waals surface area contributed by atoms with E-state index < -0.39 is 0 Å². The van der Waals surface area contributed by atoms with Crippen molar-refractivity contribution >= 4 is 27.5 Å². The van der Waals surface area contributed by atoms with E-state index in [1.165, 1.54) is 17.7 Å². The first-order chi connectivity index (χ1) is 8.80. The summed E-state index contributed by atoms with van der Waals surface area (Å²) in [4.78, 5) is 11.2. The van der Waals surface area contributed by atoms with Crippen LogP contribution in [0.5, 0.6) is 5.88 Å². The van der Waals surface area contributed by atoms with Gasteiger partial charge in [-0.1, -0.05) is 6.92 Å². The first-order valence-electron chi connectivity index (χ1n) is 6.41. The fraction of sp³-hybridized carbons (Fsp3) is 0.538. The molecule has 4 nitrogen and oxygen atoms in total. The highest BCUT2D eigenvalue weighted by atomic mass is 32.1. The zero-order valence-electron chi connectivity index (χ0n) is 10.7. The molecule has 0 saturated heterocycles. The van der Waals surface area contributed by atoms with Crippen LogP contribution in [0.4, 0.5) is 5.95 Å². The van der Waals surface area contributed by atoms with Crippen LogP contribution in [0.25, 0.3) is 10.2 Å². The van der Waals surface area contributed by atoms with E-state index in [-0.39, 0.29) is 0 Å². The smallest absolute Gasteiger partial charge is 0.227 e. The molecule has 1 fully saturated rings. The van der Waals surface area contributed by atoms with Crippen molar-refractivity contribution in [3.05, 3.63) is 10.9 Å². The number of rotatable bonds is 5. The number of ether oxygens (including phenoxy) is 1. The minimum Gasteiger partial charge on any atom is -0.477 e. The number of nitrogens with one attached hydrogen (secondary N) is 1. The Morgan fingerprint density at radius 1 is 1.44 bits per heavy atom. The van der Waals surface area contributed by atoms with E-state index in [0.717, 1.165) is 35.0 Å². The molecule has 18 heavy (non-hydrogen) atoms. The van der Waals surface area contributed by atoms with Crippen molar-refractivity contribution in [1.82, 2.24) is 9.97 Å². The van der Waals surface area contributed by atoms with Gasteiger partial charge in [-0.15, -0.1) is 11.3 Å². The number of hydrogen-bond donors (Lipinski definition) is 1. The topological polar surface area (TPSA) is 47.0 Å². The summed E-state index contributed by atoms with van der Waals surface area (Å²) < 4.78 is 5.86. The first-order valence-corrected chi connectivity index (χ1v) is 7.22. The Bertz CT molecular complexity index is 563. The van der Waals surface area contributed by atoms with Crippen LogP contribution in [0.3, 0.4) is 0 Å². The van der Waals surface area contributed by atoms with E-state index in [2.05, 4.69) is 28.3 Å². The van der Waals surface area contributed by atoms with Crippen LogP contribution in [0.1, 0.15) is 24.6 Å². The lowest BCUT2D eigenvalue weighted by Crippen LogP contribution is -2.04. The van der Waals surface area contributed by atoms with E-state index in [1.807, 2.05) is 7.05 Å². The monoisotopic (exact) mass is 263 g/mol. The molecule has 3 rings (SSSR count). The molecule has 1 aliphatic carbocycles. The highest BCUT2D eigenvalue weighted by Gasteiger charge is 2.23. The van der Waals surface area contributed by atoms with Crippen molar-refractivity contribution < 1.29 is 4.74 Å². The average Bonchev–Trinajstić information content (AvgIpc) is 3.13. The summed E-state index contributed by atoms with van der Waals surface area (Å²) in [6, 6.07) is 2.15. The summed E-state index contributed by atoms with van der Waals surface area (Å²) in [6.07, 6.45) is 3.60. The Morgan fingerprint density at radius 2 is 2.28 bits per heavy atom. The highest BCUT2D eigenvalue weighted by molar-refractivity contribution is 7.18. The zero-order chi connectivity index (χ0) is 12.5. The first kappa shape index (κ1) is 11.7. The standard InChI is InChI=1S/C13H17N3OS/c1-3-9-6-10-11(17-7-8-4-5-8)15-13(14-2)16-12(10)18-9/h6,8H,3-5,7H2,1-2H3,(H,14,15,16). The Balaban J connectivity index is 1.98. The Labute approximate surface area is 110 Å². The molecule has 1 saturated carbocycles. The number of anilines is 1. The van der Waals surface area contributed by atoms with Crippen molar-refractivity contribution in [1.29, 1.82) is 0 Å². The van der Waals surface area contributed by atoms with Crippen LogP contribution >= 0.6 is 11.3 Å². The normalized spacial score (nSPS) is 15.0. The summed E-state index contributed by atoms with van der Waals surface area (Å²) in [5.74, 6) is 2.10. The van der Waals surface area contributed by atoms with Crippen molar-refractivity contribution in [3.63, 3.8) is 0 Å². The van der Waals surface area contributed by atoms with Crippen LogP contribution in [0, 0.1) is 5.92 Å². The van der Waals surface area contributed by atoms with Gasteiger partial charge >= 0.3 is 0 Å². The molecule has 0 bridgehead atoms. The second-order valence-corrected chi connectivity index (χ2v) is 5.76. The third kappa shape index (κ3) is 2.27. The summed E-state index contributed by atoms with van der Waals surface area (Å²) >= 11 is 1.72. The van der Waals surface area contributed by atoms with Crippen LogP contribution < -0.4 is 10.1 Å². The number of aryl methyl sites for hydroxylation is 1. The number of nitrogens with zero attached hydrogens (tertiary/aromatic N) is 2. The molecule has 2 aromatic rings. The lowest BCUT2D eigenvalue weighted by Gasteiger charge is -2.07. The molecule has 0 aromatic carbocycles. The fourth-order valence-corrected chi connectivity index (χ4v) is 2.78. The second-order valence-electron chi connectivity index (χ2n) is 4.64. The van der Waals surface area contributed by atoms with Crippen LogP contribution in [0.2, 0.25) is 0 Å². The van der Waals surface area contributed by atoms with Gasteiger partial charge in [0, 0.05) is 11.9 Å².